The minimum absolute atomic E-state index is 0.0634. The number of nitriles is 1. The summed E-state index contributed by atoms with van der Waals surface area (Å²) < 4.78 is 24.5. The van der Waals surface area contributed by atoms with E-state index in [2.05, 4.69) is 5.32 Å². The lowest BCUT2D eigenvalue weighted by atomic mass is 10.2. The van der Waals surface area contributed by atoms with Crippen LogP contribution in [0.3, 0.4) is 0 Å². The van der Waals surface area contributed by atoms with Gasteiger partial charge in [0, 0.05) is 0 Å². The summed E-state index contributed by atoms with van der Waals surface area (Å²) in [6, 6.07) is 4.57. The maximum Gasteiger partial charge on any atom is 0.239 e. The molecule has 2 rings (SSSR count). The molecule has 22 heavy (non-hydrogen) atoms. The lowest BCUT2D eigenvalue weighted by Gasteiger charge is -2.15. The highest BCUT2D eigenvalue weighted by Crippen LogP contribution is 2.34. The van der Waals surface area contributed by atoms with Crippen LogP contribution in [0.15, 0.2) is 23.1 Å². The van der Waals surface area contributed by atoms with Crippen LogP contribution < -0.4 is 11.1 Å². The molecule has 1 atom stereocenters. The number of halogens is 2. The minimum Gasteiger partial charge on any atom is -0.336 e. The normalized spacial score (nSPS) is 17.4. The predicted octanol–water partition coefficient (Wildman–Crippen LogP) is 1.27. The summed E-state index contributed by atoms with van der Waals surface area (Å²) >= 11 is 11.5. The molecule has 0 aromatic heterocycles. The molecule has 1 aliphatic rings. The van der Waals surface area contributed by atoms with Crippen LogP contribution >= 0.6 is 23.2 Å². The van der Waals surface area contributed by atoms with Crippen molar-refractivity contribution in [2.75, 3.05) is 5.75 Å². The number of nitrogens with one attached hydrogen (secondary N) is 1. The summed E-state index contributed by atoms with van der Waals surface area (Å²) in [5.41, 5.74) is 4.75. The Morgan fingerprint density at radius 2 is 2.05 bits per heavy atom. The van der Waals surface area contributed by atoms with Crippen LogP contribution in [0.5, 0.6) is 0 Å². The molecule has 118 valence electrons. The zero-order valence-corrected chi connectivity index (χ0v) is 13.7. The maximum absolute atomic E-state index is 12.2. The quantitative estimate of drug-likeness (QED) is 0.819. The maximum atomic E-state index is 12.2. The van der Waals surface area contributed by atoms with Crippen molar-refractivity contribution in [2.45, 2.75) is 29.3 Å². The van der Waals surface area contributed by atoms with Gasteiger partial charge in [0.1, 0.15) is 5.54 Å². The molecule has 0 heterocycles. The highest BCUT2D eigenvalue weighted by atomic mass is 35.5. The molecule has 1 aromatic rings. The number of nitrogens with zero attached hydrogens (tertiary/aromatic N) is 1. The summed E-state index contributed by atoms with van der Waals surface area (Å²) in [5.74, 6) is -1.25. The molecular formula is C13H13Cl2N3O3S. The fourth-order valence-electron chi connectivity index (χ4n) is 1.80. The first-order chi connectivity index (χ1) is 10.2. The van der Waals surface area contributed by atoms with E-state index in [0.29, 0.717) is 12.8 Å². The van der Waals surface area contributed by atoms with Gasteiger partial charge in [-0.3, -0.25) is 4.79 Å². The zero-order valence-electron chi connectivity index (χ0n) is 11.3. The number of hydrogen-bond donors (Lipinski definition) is 2. The zero-order chi connectivity index (χ0) is 16.5. The molecule has 1 amide bonds. The Balaban J connectivity index is 2.09. The molecule has 0 radical (unpaired) electrons. The second-order valence-corrected chi connectivity index (χ2v) is 8.00. The molecule has 1 aromatic carbocycles. The first-order valence-electron chi connectivity index (χ1n) is 6.36. The van der Waals surface area contributed by atoms with Crippen molar-refractivity contribution < 1.29 is 13.2 Å². The molecule has 6 nitrogen and oxygen atoms in total. The Bertz CT molecular complexity index is 754. The average molecular weight is 362 g/mol. The molecule has 1 fully saturated rings. The number of benzene rings is 1. The van der Waals surface area contributed by atoms with Crippen LogP contribution in [0.4, 0.5) is 0 Å². The summed E-state index contributed by atoms with van der Waals surface area (Å²) in [6.45, 7) is 0. The summed E-state index contributed by atoms with van der Waals surface area (Å²) in [5, 5.41) is 11.7. The van der Waals surface area contributed by atoms with Crippen LogP contribution in [0, 0.1) is 11.3 Å². The van der Waals surface area contributed by atoms with E-state index < -0.39 is 33.1 Å². The second-order valence-electron chi connectivity index (χ2n) is 5.15. The van der Waals surface area contributed by atoms with E-state index in [1.165, 1.54) is 18.2 Å². The van der Waals surface area contributed by atoms with E-state index in [9.17, 15) is 13.2 Å². The van der Waals surface area contributed by atoms with Crippen molar-refractivity contribution in [3.8, 4) is 6.07 Å². The molecule has 0 unspecified atom stereocenters. The van der Waals surface area contributed by atoms with Gasteiger partial charge in [-0.05, 0) is 31.0 Å². The van der Waals surface area contributed by atoms with Gasteiger partial charge in [-0.1, -0.05) is 23.2 Å². The Hall–Kier alpha value is -1.33. The second kappa shape index (κ2) is 6.05. The smallest absolute Gasteiger partial charge is 0.239 e. The van der Waals surface area contributed by atoms with Gasteiger partial charge in [-0.15, -0.1) is 0 Å². The summed E-state index contributed by atoms with van der Waals surface area (Å²) in [6.07, 6.45) is 1.09. The first-order valence-corrected chi connectivity index (χ1v) is 8.77. The predicted molar refractivity (Wildman–Crippen MR) is 82.2 cm³/mol. The fraction of sp³-hybridized carbons (Fsp3) is 0.385. The molecule has 0 spiro atoms. The van der Waals surface area contributed by atoms with Crippen molar-refractivity contribution in [2.24, 2.45) is 5.73 Å². The third-order valence-corrected chi connectivity index (χ3v) is 5.82. The topological polar surface area (TPSA) is 113 Å². The monoisotopic (exact) mass is 361 g/mol. The van der Waals surface area contributed by atoms with Crippen molar-refractivity contribution in [1.82, 2.24) is 5.32 Å². The van der Waals surface area contributed by atoms with E-state index >= 15 is 0 Å². The van der Waals surface area contributed by atoms with Crippen LogP contribution in [-0.4, -0.2) is 31.7 Å². The third kappa shape index (κ3) is 3.70. The van der Waals surface area contributed by atoms with Crippen molar-refractivity contribution in [3.05, 3.63) is 28.2 Å². The van der Waals surface area contributed by atoms with Crippen molar-refractivity contribution in [3.63, 3.8) is 0 Å². The van der Waals surface area contributed by atoms with E-state index in [4.69, 9.17) is 34.2 Å². The average Bonchev–Trinajstić information content (AvgIpc) is 3.21. The highest BCUT2D eigenvalue weighted by Gasteiger charge is 2.45. The SMILES string of the molecule is N#CC1(NC(=O)[C@@H](N)CS(=O)(=O)c2ccc(Cl)c(Cl)c2)CC1. The minimum atomic E-state index is -3.80. The van der Waals surface area contributed by atoms with Gasteiger partial charge >= 0.3 is 0 Å². The van der Waals surface area contributed by atoms with Crippen LogP contribution in [-0.2, 0) is 14.6 Å². The van der Waals surface area contributed by atoms with Gasteiger partial charge in [0.15, 0.2) is 9.84 Å². The molecule has 3 N–H and O–H groups in total. The van der Waals surface area contributed by atoms with Crippen LogP contribution in [0.2, 0.25) is 10.0 Å². The molecule has 1 aliphatic carbocycles. The van der Waals surface area contributed by atoms with Gasteiger partial charge in [-0.2, -0.15) is 5.26 Å². The van der Waals surface area contributed by atoms with Gasteiger partial charge in [0.25, 0.3) is 0 Å². The lowest BCUT2D eigenvalue weighted by molar-refractivity contribution is -0.122. The number of carbonyl (C=O) groups excluding carboxylic acids is 1. The number of hydrogen-bond acceptors (Lipinski definition) is 5. The van der Waals surface area contributed by atoms with Crippen molar-refractivity contribution >= 4 is 38.9 Å². The molecule has 9 heteroatoms. The van der Waals surface area contributed by atoms with Gasteiger partial charge < -0.3 is 11.1 Å². The van der Waals surface area contributed by atoms with E-state index in [-0.39, 0.29) is 14.9 Å². The standard InChI is InChI=1S/C13H13Cl2N3O3S/c14-9-2-1-8(5-10(9)15)22(20,21)6-11(17)12(19)18-13(7-16)3-4-13/h1-2,5,11H,3-4,6,17H2,(H,18,19)/t11-/m0/s1. The van der Waals surface area contributed by atoms with Crippen LogP contribution in [0.25, 0.3) is 0 Å². The molecule has 0 saturated heterocycles. The third-order valence-electron chi connectivity index (χ3n) is 3.31. The number of nitrogens with two attached hydrogens (primary N) is 1. The van der Waals surface area contributed by atoms with Gasteiger partial charge in [0.05, 0.1) is 32.8 Å². The first kappa shape index (κ1) is 17.0. The molecular weight excluding hydrogens is 349 g/mol. The van der Waals surface area contributed by atoms with Crippen LogP contribution in [0.1, 0.15) is 12.8 Å². The van der Waals surface area contributed by atoms with E-state index in [1.54, 1.807) is 0 Å². The Morgan fingerprint density at radius 1 is 1.41 bits per heavy atom. The summed E-state index contributed by atoms with van der Waals surface area (Å²) in [4.78, 5) is 11.8. The molecule has 0 aliphatic heterocycles. The van der Waals surface area contributed by atoms with Crippen molar-refractivity contribution in [1.29, 1.82) is 5.26 Å². The highest BCUT2D eigenvalue weighted by molar-refractivity contribution is 7.91. The van der Waals surface area contributed by atoms with E-state index in [0.717, 1.165) is 0 Å². The number of amides is 1. The molecule has 0 bridgehead atoms. The number of sulfone groups is 1. The Labute approximate surface area is 138 Å². The van der Waals surface area contributed by atoms with E-state index in [1.807, 2.05) is 6.07 Å². The summed E-state index contributed by atoms with van der Waals surface area (Å²) in [7, 11) is -3.80. The Morgan fingerprint density at radius 3 is 2.55 bits per heavy atom. The fourth-order valence-corrected chi connectivity index (χ4v) is 3.55. The van der Waals surface area contributed by atoms with Gasteiger partial charge in [-0.25, -0.2) is 8.42 Å². The number of rotatable bonds is 5. The Kier molecular flexibility index (Phi) is 4.68. The number of carbonyl (C=O) groups is 1. The van der Waals surface area contributed by atoms with Gasteiger partial charge in [0.2, 0.25) is 5.91 Å². The lowest BCUT2D eigenvalue weighted by Crippen LogP contribution is -2.49. The molecule has 1 saturated carbocycles. The largest absolute Gasteiger partial charge is 0.336 e.